The summed E-state index contributed by atoms with van der Waals surface area (Å²) in [6.07, 6.45) is 16.5. The van der Waals surface area contributed by atoms with Crippen LogP contribution in [0.1, 0.15) is 78.1 Å². The number of unbranched alkanes of at least 4 members (excludes halogenated alkanes) is 6. The second-order valence-electron chi connectivity index (χ2n) is 5.01. The first-order valence-corrected chi connectivity index (χ1v) is 9.62. The lowest BCUT2D eigenvalue weighted by Gasteiger charge is -2.04. The molecule has 1 aliphatic heterocycles. The molecule has 1 aliphatic rings. The van der Waals surface area contributed by atoms with Crippen LogP contribution in [0.3, 0.4) is 0 Å². The van der Waals surface area contributed by atoms with Crippen LogP contribution in [0.4, 0.5) is 0 Å². The van der Waals surface area contributed by atoms with Crippen molar-refractivity contribution in [3.05, 3.63) is 11.0 Å². The van der Waals surface area contributed by atoms with E-state index in [4.69, 9.17) is 0 Å². The Morgan fingerprint density at radius 1 is 0.941 bits per heavy atom. The van der Waals surface area contributed by atoms with E-state index in [0.29, 0.717) is 0 Å². The Labute approximate surface area is 116 Å². The Morgan fingerprint density at radius 2 is 1.65 bits per heavy atom. The fourth-order valence-electron chi connectivity index (χ4n) is 2.14. The first kappa shape index (κ1) is 15.5. The number of hydrogen-bond acceptors (Lipinski definition) is 2. The van der Waals surface area contributed by atoms with E-state index in [1.165, 1.54) is 64.2 Å². The highest BCUT2D eigenvalue weighted by Gasteiger charge is 2.16. The molecule has 0 bridgehead atoms. The molecular formula is C15H28S2. The van der Waals surface area contributed by atoms with Crippen LogP contribution >= 0.6 is 21.6 Å². The third-order valence-electron chi connectivity index (χ3n) is 3.27. The van der Waals surface area contributed by atoms with Crippen LogP contribution in [0.15, 0.2) is 11.0 Å². The van der Waals surface area contributed by atoms with E-state index in [9.17, 15) is 0 Å². The minimum atomic E-state index is 0.818. The maximum absolute atomic E-state index is 2.55. The molecule has 0 saturated heterocycles. The first-order chi connectivity index (χ1) is 8.36. The van der Waals surface area contributed by atoms with E-state index in [1.807, 2.05) is 0 Å². The minimum Gasteiger partial charge on any atom is -0.0816 e. The Hall–Kier alpha value is 0.440. The highest BCUT2D eigenvalue weighted by atomic mass is 33.1. The molecule has 0 aromatic heterocycles. The van der Waals surface area contributed by atoms with Crippen molar-refractivity contribution in [3.63, 3.8) is 0 Å². The van der Waals surface area contributed by atoms with Gasteiger partial charge >= 0.3 is 0 Å². The normalized spacial score (nSPS) is 19.6. The molecule has 1 unspecified atom stereocenters. The Kier molecular flexibility index (Phi) is 9.45. The van der Waals surface area contributed by atoms with Gasteiger partial charge in [0, 0.05) is 5.25 Å². The topological polar surface area (TPSA) is 0 Å². The number of allylic oxidation sites excluding steroid dienone is 1. The van der Waals surface area contributed by atoms with Crippen molar-refractivity contribution in [2.45, 2.75) is 83.3 Å². The second-order valence-corrected chi connectivity index (χ2v) is 7.58. The van der Waals surface area contributed by atoms with Gasteiger partial charge in [0.15, 0.2) is 0 Å². The van der Waals surface area contributed by atoms with Crippen LogP contribution in [0.25, 0.3) is 0 Å². The number of rotatable bonds is 10. The summed E-state index contributed by atoms with van der Waals surface area (Å²) in [5.74, 6) is 0. The van der Waals surface area contributed by atoms with Crippen molar-refractivity contribution in [2.24, 2.45) is 0 Å². The largest absolute Gasteiger partial charge is 0.0816 e. The zero-order valence-electron chi connectivity index (χ0n) is 11.5. The zero-order valence-corrected chi connectivity index (χ0v) is 13.2. The van der Waals surface area contributed by atoms with E-state index in [-0.39, 0.29) is 0 Å². The second kappa shape index (κ2) is 10.4. The van der Waals surface area contributed by atoms with Gasteiger partial charge in [-0.1, -0.05) is 86.5 Å². The van der Waals surface area contributed by atoms with Crippen LogP contribution in [0.2, 0.25) is 0 Å². The third kappa shape index (κ3) is 7.46. The van der Waals surface area contributed by atoms with Crippen molar-refractivity contribution < 1.29 is 0 Å². The lowest BCUT2D eigenvalue weighted by atomic mass is 10.1. The van der Waals surface area contributed by atoms with Gasteiger partial charge in [-0.3, -0.25) is 0 Å². The molecule has 1 heterocycles. The van der Waals surface area contributed by atoms with Gasteiger partial charge in [0.05, 0.1) is 0 Å². The highest BCUT2D eigenvalue weighted by molar-refractivity contribution is 8.78. The quantitative estimate of drug-likeness (QED) is 0.325. The summed E-state index contributed by atoms with van der Waals surface area (Å²) in [5, 5.41) is 0.818. The van der Waals surface area contributed by atoms with E-state index >= 15 is 0 Å². The molecule has 0 fully saturated rings. The Balaban J connectivity index is 2.04. The molecule has 17 heavy (non-hydrogen) atoms. The van der Waals surface area contributed by atoms with Gasteiger partial charge in [-0.25, -0.2) is 0 Å². The molecule has 0 aliphatic carbocycles. The van der Waals surface area contributed by atoms with Gasteiger partial charge in [0.1, 0.15) is 0 Å². The van der Waals surface area contributed by atoms with Gasteiger partial charge in [-0.2, -0.15) is 0 Å². The SMILES string of the molecule is CCCCCCC1=CC(CCCCCC)SS1. The summed E-state index contributed by atoms with van der Waals surface area (Å²) >= 11 is 0. The molecule has 0 saturated carbocycles. The molecular weight excluding hydrogens is 244 g/mol. The van der Waals surface area contributed by atoms with E-state index in [0.717, 1.165) is 5.25 Å². The van der Waals surface area contributed by atoms with Crippen molar-refractivity contribution in [1.29, 1.82) is 0 Å². The predicted octanol–water partition coefficient (Wildman–Crippen LogP) is 6.57. The monoisotopic (exact) mass is 272 g/mol. The van der Waals surface area contributed by atoms with Gasteiger partial charge in [0.2, 0.25) is 0 Å². The van der Waals surface area contributed by atoms with E-state index in [2.05, 4.69) is 41.5 Å². The first-order valence-electron chi connectivity index (χ1n) is 7.40. The average Bonchev–Trinajstić information content (AvgIpc) is 2.78. The molecule has 0 spiro atoms. The summed E-state index contributed by atoms with van der Waals surface area (Å²) < 4.78 is 0. The van der Waals surface area contributed by atoms with Crippen LogP contribution in [-0.2, 0) is 0 Å². The third-order valence-corrected chi connectivity index (χ3v) is 6.21. The molecule has 0 amide bonds. The van der Waals surface area contributed by atoms with Crippen LogP contribution < -0.4 is 0 Å². The maximum Gasteiger partial charge on any atom is 0.0345 e. The van der Waals surface area contributed by atoms with Crippen LogP contribution in [-0.4, -0.2) is 5.25 Å². The molecule has 0 nitrogen and oxygen atoms in total. The smallest absolute Gasteiger partial charge is 0.0345 e. The Bertz CT molecular complexity index is 211. The van der Waals surface area contributed by atoms with Gasteiger partial charge in [-0.15, -0.1) is 0 Å². The van der Waals surface area contributed by atoms with Crippen molar-refractivity contribution >= 4 is 21.6 Å². The molecule has 2 heteroatoms. The highest BCUT2D eigenvalue weighted by Crippen LogP contribution is 2.45. The molecule has 0 aromatic carbocycles. The lowest BCUT2D eigenvalue weighted by molar-refractivity contribution is 0.641. The Morgan fingerprint density at radius 3 is 2.35 bits per heavy atom. The van der Waals surface area contributed by atoms with Gasteiger partial charge in [-0.05, 0) is 24.2 Å². The van der Waals surface area contributed by atoms with Crippen molar-refractivity contribution in [3.8, 4) is 0 Å². The summed E-state index contributed by atoms with van der Waals surface area (Å²) in [6.45, 7) is 4.57. The molecule has 0 radical (unpaired) electrons. The van der Waals surface area contributed by atoms with Gasteiger partial charge in [0.25, 0.3) is 0 Å². The van der Waals surface area contributed by atoms with Gasteiger partial charge < -0.3 is 0 Å². The summed E-state index contributed by atoms with van der Waals surface area (Å²) in [4.78, 5) is 1.66. The molecule has 0 aromatic rings. The average molecular weight is 273 g/mol. The van der Waals surface area contributed by atoms with Crippen LogP contribution in [0, 0.1) is 0 Å². The predicted molar refractivity (Wildman–Crippen MR) is 84.6 cm³/mol. The molecule has 1 rings (SSSR count). The summed E-state index contributed by atoms with van der Waals surface area (Å²) in [5.41, 5.74) is 0. The van der Waals surface area contributed by atoms with Crippen molar-refractivity contribution in [2.75, 3.05) is 0 Å². The standard InChI is InChI=1S/C15H28S2/c1-3-5-7-9-11-14-13-15(17-16-14)12-10-8-6-4-2/h13-14H,3-12H2,1-2H3. The lowest BCUT2D eigenvalue weighted by Crippen LogP contribution is -1.93. The summed E-state index contributed by atoms with van der Waals surface area (Å²) in [6, 6.07) is 0. The van der Waals surface area contributed by atoms with Crippen LogP contribution in [0.5, 0.6) is 0 Å². The molecule has 100 valence electrons. The summed E-state index contributed by atoms with van der Waals surface area (Å²) in [7, 11) is 4.15. The molecule has 1 atom stereocenters. The zero-order chi connectivity index (χ0) is 12.3. The van der Waals surface area contributed by atoms with E-state index in [1.54, 1.807) is 4.91 Å². The van der Waals surface area contributed by atoms with Crippen molar-refractivity contribution in [1.82, 2.24) is 0 Å². The number of hydrogen-bond donors (Lipinski definition) is 0. The maximum atomic E-state index is 2.55. The minimum absolute atomic E-state index is 0.818. The fourth-order valence-corrected chi connectivity index (χ4v) is 5.02. The molecule has 0 N–H and O–H groups in total. The van der Waals surface area contributed by atoms with E-state index < -0.39 is 0 Å². The fraction of sp³-hybridized carbons (Fsp3) is 0.867.